The highest BCUT2D eigenvalue weighted by molar-refractivity contribution is 7.10. The van der Waals surface area contributed by atoms with E-state index in [1.54, 1.807) is 11.3 Å². The van der Waals surface area contributed by atoms with Crippen molar-refractivity contribution in [3.05, 3.63) is 52.2 Å². The second-order valence-electron chi connectivity index (χ2n) is 10.2. The van der Waals surface area contributed by atoms with Crippen LogP contribution >= 0.6 is 11.3 Å². The van der Waals surface area contributed by atoms with E-state index in [0.717, 1.165) is 64.2 Å². The fraction of sp³-hybridized carbons (Fsp3) is 0.607. The number of ether oxygens (including phenoxy) is 2. The normalized spacial score (nSPS) is 21.6. The van der Waals surface area contributed by atoms with Crippen LogP contribution in [-0.2, 0) is 16.0 Å². The summed E-state index contributed by atoms with van der Waals surface area (Å²) in [6, 6.07) is 13.0. The van der Waals surface area contributed by atoms with Gasteiger partial charge in [-0.25, -0.2) is 0 Å². The summed E-state index contributed by atoms with van der Waals surface area (Å²) < 4.78 is 12.9. The molecule has 6 nitrogen and oxygen atoms in total. The molecule has 0 bridgehead atoms. The lowest BCUT2D eigenvalue weighted by atomic mass is 9.87. The number of hydrogen-bond donors (Lipinski definition) is 1. The number of nitrogens with one attached hydrogen (secondary N) is 1. The van der Waals surface area contributed by atoms with Gasteiger partial charge in [-0.05, 0) is 76.7 Å². The van der Waals surface area contributed by atoms with Crippen LogP contribution in [0.2, 0.25) is 0 Å². The van der Waals surface area contributed by atoms with Crippen LogP contribution in [0.1, 0.15) is 56.6 Å². The van der Waals surface area contributed by atoms with E-state index in [2.05, 4.69) is 65.8 Å². The molecule has 2 aliphatic heterocycles. The Hall–Kier alpha value is -1.93. The second kappa shape index (κ2) is 11.9. The van der Waals surface area contributed by atoms with Gasteiger partial charge in [0.15, 0.2) is 0 Å². The van der Waals surface area contributed by atoms with Crippen molar-refractivity contribution in [2.24, 2.45) is 0 Å². The monoisotopic (exact) mass is 499 g/mol. The molecule has 2 atom stereocenters. The van der Waals surface area contributed by atoms with Crippen LogP contribution in [0.15, 0.2) is 41.8 Å². The first kappa shape index (κ1) is 26.1. The first-order valence-corrected chi connectivity index (χ1v) is 13.9. The zero-order valence-corrected chi connectivity index (χ0v) is 22.5. The molecule has 1 aromatic heterocycles. The summed E-state index contributed by atoms with van der Waals surface area (Å²) in [5, 5.41) is 5.37. The highest BCUT2D eigenvalue weighted by Gasteiger charge is 2.45. The zero-order valence-electron chi connectivity index (χ0n) is 21.7. The van der Waals surface area contributed by atoms with Gasteiger partial charge in [0.2, 0.25) is 0 Å². The third-order valence-electron chi connectivity index (χ3n) is 7.36. The maximum Gasteiger partial charge on any atom is 0.251 e. The highest BCUT2D eigenvalue weighted by atomic mass is 32.1. The second-order valence-corrected chi connectivity index (χ2v) is 11.2. The molecule has 0 aliphatic carbocycles. The van der Waals surface area contributed by atoms with E-state index < -0.39 is 0 Å². The topological polar surface area (TPSA) is 54.0 Å². The van der Waals surface area contributed by atoms with E-state index in [9.17, 15) is 4.79 Å². The molecular formula is C28H41N3O3S. The van der Waals surface area contributed by atoms with Gasteiger partial charge in [0.25, 0.3) is 5.91 Å². The maximum absolute atomic E-state index is 12.5. The number of carbonyl (C=O) groups excluding carboxylic acids is 1. The fourth-order valence-corrected chi connectivity index (χ4v) is 6.04. The van der Waals surface area contributed by atoms with Gasteiger partial charge in [-0.1, -0.05) is 24.3 Å². The number of rotatable bonds is 10. The summed E-state index contributed by atoms with van der Waals surface area (Å²) in [5.74, 6) is 1.12. The Labute approximate surface area is 214 Å². The third-order valence-corrected chi connectivity index (χ3v) is 8.33. The molecule has 3 heterocycles. The van der Waals surface area contributed by atoms with E-state index in [0.29, 0.717) is 0 Å². The van der Waals surface area contributed by atoms with Crippen LogP contribution in [-0.4, -0.2) is 73.2 Å². The van der Waals surface area contributed by atoms with Crippen molar-refractivity contribution in [1.29, 1.82) is 0 Å². The maximum atomic E-state index is 12.5. The van der Waals surface area contributed by atoms with Crippen molar-refractivity contribution in [3.63, 3.8) is 0 Å². The number of piperidine rings is 1. The average Bonchev–Trinajstić information content (AvgIpc) is 3.39. The van der Waals surface area contributed by atoms with Crippen molar-refractivity contribution in [2.45, 2.75) is 70.3 Å². The summed E-state index contributed by atoms with van der Waals surface area (Å²) in [7, 11) is 1.99. The largest absolute Gasteiger partial charge is 0.485 e. The van der Waals surface area contributed by atoms with Crippen LogP contribution in [0.4, 0.5) is 0 Å². The Balaban J connectivity index is 1.34. The van der Waals surface area contributed by atoms with Gasteiger partial charge >= 0.3 is 0 Å². The average molecular weight is 500 g/mol. The molecular weight excluding hydrogens is 458 g/mol. The molecule has 1 spiro atoms. The molecule has 0 radical (unpaired) electrons. The number of thiophene rings is 1. The quantitative estimate of drug-likeness (QED) is 0.521. The molecule has 192 valence electrons. The number of hydrogen-bond acceptors (Lipinski definition) is 6. The Morgan fingerprint density at radius 3 is 2.66 bits per heavy atom. The number of benzene rings is 1. The van der Waals surface area contributed by atoms with Gasteiger partial charge < -0.3 is 24.6 Å². The lowest BCUT2D eigenvalue weighted by Crippen LogP contribution is -2.62. The molecule has 1 N–H and O–H groups in total. The van der Waals surface area contributed by atoms with Crippen LogP contribution in [0.3, 0.4) is 0 Å². The van der Waals surface area contributed by atoms with E-state index in [1.807, 2.05) is 18.9 Å². The van der Waals surface area contributed by atoms with E-state index in [4.69, 9.17) is 9.47 Å². The molecule has 4 rings (SSSR count). The number of carbonyl (C=O) groups is 1. The molecule has 2 aromatic rings. The summed E-state index contributed by atoms with van der Waals surface area (Å²) in [4.78, 5) is 18.3. The molecule has 0 unspecified atom stereocenters. The minimum Gasteiger partial charge on any atom is -0.485 e. The number of para-hydroxylation sites is 1. The predicted molar refractivity (Wildman–Crippen MR) is 142 cm³/mol. The number of morpholine rings is 1. The molecule has 35 heavy (non-hydrogen) atoms. The van der Waals surface area contributed by atoms with Crippen LogP contribution in [0.5, 0.6) is 5.75 Å². The minimum atomic E-state index is -0.346. The van der Waals surface area contributed by atoms with Gasteiger partial charge in [0, 0.05) is 37.0 Å². The summed E-state index contributed by atoms with van der Waals surface area (Å²) in [5.41, 5.74) is 1.06. The lowest BCUT2D eigenvalue weighted by Gasteiger charge is -2.50. The molecule has 0 saturated carbocycles. The summed E-state index contributed by atoms with van der Waals surface area (Å²) in [6.07, 6.45) is 3.55. The number of amides is 1. The Kier molecular flexibility index (Phi) is 8.87. The predicted octanol–water partition coefficient (Wildman–Crippen LogP) is 4.51. The number of nitrogens with zero attached hydrogens (tertiary/aromatic N) is 2. The van der Waals surface area contributed by atoms with Crippen molar-refractivity contribution < 1.29 is 14.3 Å². The SMILES string of the molecule is CNCC[C@H](Oc1ccccc1CCN1CCC2(CC1)CN(C(C)C)C(=O)[C@@H](C)O2)c1cccs1. The standard InChI is InChI=1S/C28H41N3O3S/c1-21(2)31-20-28(34-22(3)27(31)32)13-17-30(18-14-28)16-12-23-8-5-6-9-24(23)33-25(11-15-29-4)26-10-7-19-35-26/h5-10,19,21-22,25,29H,11-18,20H2,1-4H3/t22-,25+/m1/s1. The Morgan fingerprint density at radius 1 is 1.20 bits per heavy atom. The minimum absolute atomic E-state index is 0.0653. The lowest BCUT2D eigenvalue weighted by molar-refractivity contribution is -0.192. The van der Waals surface area contributed by atoms with Crippen molar-refractivity contribution >= 4 is 17.2 Å². The first-order chi connectivity index (χ1) is 16.9. The Morgan fingerprint density at radius 2 is 1.97 bits per heavy atom. The van der Waals surface area contributed by atoms with Crippen LogP contribution in [0, 0.1) is 0 Å². The molecule has 1 amide bonds. The van der Waals surface area contributed by atoms with Gasteiger partial charge in [0.05, 0.1) is 12.1 Å². The third kappa shape index (κ3) is 6.45. The first-order valence-electron chi connectivity index (χ1n) is 13.0. The highest BCUT2D eigenvalue weighted by Crippen LogP contribution is 2.34. The fourth-order valence-electron chi connectivity index (χ4n) is 5.25. The molecule has 2 fully saturated rings. The van der Waals surface area contributed by atoms with Gasteiger partial charge in [-0.2, -0.15) is 0 Å². The Bertz CT molecular complexity index is 941. The van der Waals surface area contributed by atoms with E-state index in [-0.39, 0.29) is 29.8 Å². The van der Waals surface area contributed by atoms with Crippen molar-refractivity contribution in [1.82, 2.24) is 15.1 Å². The number of likely N-dealkylation sites (tertiary alicyclic amines) is 1. The van der Waals surface area contributed by atoms with Crippen molar-refractivity contribution in [2.75, 3.05) is 39.8 Å². The van der Waals surface area contributed by atoms with E-state index in [1.165, 1.54) is 10.4 Å². The van der Waals surface area contributed by atoms with Crippen molar-refractivity contribution in [3.8, 4) is 5.75 Å². The van der Waals surface area contributed by atoms with Crippen LogP contribution < -0.4 is 10.1 Å². The van der Waals surface area contributed by atoms with E-state index >= 15 is 0 Å². The van der Waals surface area contributed by atoms with Crippen LogP contribution in [0.25, 0.3) is 0 Å². The molecule has 2 saturated heterocycles. The van der Waals surface area contributed by atoms with Gasteiger partial charge in [-0.3, -0.25) is 4.79 Å². The summed E-state index contributed by atoms with van der Waals surface area (Å²) >= 11 is 1.76. The molecule has 1 aromatic carbocycles. The zero-order chi connectivity index (χ0) is 24.8. The van der Waals surface area contributed by atoms with Gasteiger partial charge in [0.1, 0.15) is 18.0 Å². The molecule has 2 aliphatic rings. The smallest absolute Gasteiger partial charge is 0.251 e. The van der Waals surface area contributed by atoms with Gasteiger partial charge in [-0.15, -0.1) is 11.3 Å². The molecule has 7 heteroatoms. The summed E-state index contributed by atoms with van der Waals surface area (Å²) in [6.45, 7) is 10.7.